The summed E-state index contributed by atoms with van der Waals surface area (Å²) in [6.45, 7) is 5.68. The molecule has 3 aromatic rings. The van der Waals surface area contributed by atoms with Crippen LogP contribution in [0.25, 0.3) is 5.78 Å². The number of aryl methyl sites for hydroxylation is 1. The van der Waals surface area contributed by atoms with Crippen molar-refractivity contribution in [1.29, 1.82) is 5.26 Å². The molecule has 0 radical (unpaired) electrons. The van der Waals surface area contributed by atoms with E-state index in [2.05, 4.69) is 31.1 Å². The Kier molecular flexibility index (Phi) is 2.63. The third-order valence-corrected chi connectivity index (χ3v) is 4.14. The van der Waals surface area contributed by atoms with Crippen molar-refractivity contribution >= 4 is 11.6 Å². The van der Waals surface area contributed by atoms with E-state index >= 15 is 0 Å². The quantitative estimate of drug-likeness (QED) is 0.697. The highest BCUT2D eigenvalue weighted by Gasteiger charge is 2.32. The average molecular weight is 294 g/mol. The average Bonchev–Trinajstić information content (AvgIpc) is 3.10. The van der Waals surface area contributed by atoms with Crippen molar-refractivity contribution in [3.63, 3.8) is 0 Å². The third-order valence-electron chi connectivity index (χ3n) is 4.14. The maximum Gasteiger partial charge on any atom is 0.254 e. The molecular weight excluding hydrogens is 280 g/mol. The molecule has 0 amide bonds. The van der Waals surface area contributed by atoms with E-state index in [9.17, 15) is 0 Å². The molecule has 0 atom stereocenters. The standard InChI is InChI=1S/C14H14N8/c1-9-10(2)19-14-16-8-18-22(14)13(9)20-6-12(7-20)21-5-11(3-15)4-17-21/h4-5,8,12H,6-7H2,1-2H3. The molecule has 1 fully saturated rings. The number of rotatable bonds is 2. The second-order valence-corrected chi connectivity index (χ2v) is 5.50. The van der Waals surface area contributed by atoms with Gasteiger partial charge < -0.3 is 4.90 Å². The molecule has 1 aliphatic rings. The van der Waals surface area contributed by atoms with Crippen molar-refractivity contribution in [2.24, 2.45) is 0 Å². The molecule has 0 saturated carbocycles. The molecule has 0 bridgehead atoms. The largest absolute Gasteiger partial charge is 0.352 e. The van der Waals surface area contributed by atoms with Crippen molar-refractivity contribution < 1.29 is 0 Å². The molecule has 8 nitrogen and oxygen atoms in total. The van der Waals surface area contributed by atoms with E-state index in [0.29, 0.717) is 11.3 Å². The van der Waals surface area contributed by atoms with Gasteiger partial charge in [-0.25, -0.2) is 4.98 Å². The van der Waals surface area contributed by atoms with Gasteiger partial charge in [0.2, 0.25) is 0 Å². The fourth-order valence-corrected chi connectivity index (χ4v) is 2.78. The molecule has 22 heavy (non-hydrogen) atoms. The Morgan fingerprint density at radius 3 is 2.82 bits per heavy atom. The van der Waals surface area contributed by atoms with Gasteiger partial charge in [-0.05, 0) is 13.8 Å². The first kappa shape index (κ1) is 12.8. The monoisotopic (exact) mass is 294 g/mol. The molecule has 0 aromatic carbocycles. The van der Waals surface area contributed by atoms with Gasteiger partial charge in [0.15, 0.2) is 0 Å². The summed E-state index contributed by atoms with van der Waals surface area (Å²) in [5.74, 6) is 1.65. The lowest BCUT2D eigenvalue weighted by Gasteiger charge is -2.41. The SMILES string of the molecule is Cc1nc2ncnn2c(N2CC(n3cc(C#N)cn3)C2)c1C. The summed E-state index contributed by atoms with van der Waals surface area (Å²) < 4.78 is 3.64. The highest BCUT2D eigenvalue weighted by atomic mass is 15.4. The number of nitriles is 1. The molecule has 0 aliphatic carbocycles. The molecule has 1 saturated heterocycles. The second-order valence-electron chi connectivity index (χ2n) is 5.50. The number of fused-ring (bicyclic) bond motifs is 1. The van der Waals surface area contributed by atoms with Crippen LogP contribution in [0.2, 0.25) is 0 Å². The first-order chi connectivity index (χ1) is 10.7. The Labute approximate surface area is 126 Å². The van der Waals surface area contributed by atoms with Gasteiger partial charge in [0, 0.05) is 30.5 Å². The fraction of sp³-hybridized carbons (Fsp3) is 0.357. The first-order valence-corrected chi connectivity index (χ1v) is 7.03. The molecule has 0 unspecified atom stereocenters. The summed E-state index contributed by atoms with van der Waals surface area (Å²) in [5.41, 5.74) is 2.66. The van der Waals surface area contributed by atoms with Crippen LogP contribution in [0.4, 0.5) is 5.82 Å². The van der Waals surface area contributed by atoms with Crippen molar-refractivity contribution in [3.8, 4) is 6.07 Å². The highest BCUT2D eigenvalue weighted by Crippen LogP contribution is 2.30. The van der Waals surface area contributed by atoms with Crippen LogP contribution in [0.15, 0.2) is 18.7 Å². The van der Waals surface area contributed by atoms with Gasteiger partial charge in [-0.15, -0.1) is 0 Å². The molecular formula is C14H14N8. The van der Waals surface area contributed by atoms with Gasteiger partial charge in [-0.1, -0.05) is 0 Å². The van der Waals surface area contributed by atoms with E-state index in [1.165, 1.54) is 6.33 Å². The second kappa shape index (κ2) is 4.53. The predicted octanol–water partition coefficient (Wildman–Crippen LogP) is 0.871. The Morgan fingerprint density at radius 1 is 1.27 bits per heavy atom. The topological polar surface area (TPSA) is 87.9 Å². The van der Waals surface area contributed by atoms with Crippen LogP contribution in [-0.2, 0) is 0 Å². The molecule has 4 heterocycles. The van der Waals surface area contributed by atoms with E-state index < -0.39 is 0 Å². The Bertz CT molecular complexity index is 893. The van der Waals surface area contributed by atoms with Crippen molar-refractivity contribution in [2.45, 2.75) is 19.9 Å². The smallest absolute Gasteiger partial charge is 0.254 e. The zero-order chi connectivity index (χ0) is 15.3. The molecule has 4 rings (SSSR count). The van der Waals surface area contributed by atoms with Crippen LogP contribution in [0.5, 0.6) is 0 Å². The van der Waals surface area contributed by atoms with E-state index in [1.807, 2.05) is 18.5 Å². The molecule has 3 aromatic heterocycles. The zero-order valence-electron chi connectivity index (χ0n) is 12.3. The lowest BCUT2D eigenvalue weighted by Crippen LogP contribution is -2.49. The number of anilines is 1. The van der Waals surface area contributed by atoms with Crippen LogP contribution in [0.3, 0.4) is 0 Å². The van der Waals surface area contributed by atoms with Crippen molar-refractivity contribution in [1.82, 2.24) is 29.4 Å². The minimum absolute atomic E-state index is 0.272. The van der Waals surface area contributed by atoms with Crippen LogP contribution >= 0.6 is 0 Å². The highest BCUT2D eigenvalue weighted by molar-refractivity contribution is 5.55. The maximum absolute atomic E-state index is 8.88. The third kappa shape index (κ3) is 1.75. The van der Waals surface area contributed by atoms with Crippen LogP contribution in [-0.4, -0.2) is 42.5 Å². The fourth-order valence-electron chi connectivity index (χ4n) is 2.78. The minimum atomic E-state index is 0.272. The molecule has 1 aliphatic heterocycles. The maximum atomic E-state index is 8.88. The zero-order valence-corrected chi connectivity index (χ0v) is 12.3. The summed E-state index contributed by atoms with van der Waals surface area (Å²) >= 11 is 0. The molecule has 8 heteroatoms. The molecule has 0 N–H and O–H groups in total. The molecule has 110 valence electrons. The lowest BCUT2D eigenvalue weighted by molar-refractivity contribution is 0.363. The van der Waals surface area contributed by atoms with Crippen LogP contribution in [0, 0.1) is 25.2 Å². The summed E-state index contributed by atoms with van der Waals surface area (Å²) in [6, 6.07) is 2.37. The number of hydrogen-bond acceptors (Lipinski definition) is 6. The molecule has 0 spiro atoms. The Morgan fingerprint density at radius 2 is 2.09 bits per heavy atom. The van der Waals surface area contributed by atoms with Gasteiger partial charge in [-0.2, -0.15) is 25.0 Å². The normalized spacial score (nSPS) is 15.0. The van der Waals surface area contributed by atoms with Crippen molar-refractivity contribution in [3.05, 3.63) is 35.5 Å². The summed E-state index contributed by atoms with van der Waals surface area (Å²) in [7, 11) is 0. The number of nitrogens with zero attached hydrogens (tertiary/aromatic N) is 8. The summed E-state index contributed by atoms with van der Waals surface area (Å²) in [4.78, 5) is 10.9. The van der Waals surface area contributed by atoms with E-state index in [0.717, 1.165) is 30.2 Å². The van der Waals surface area contributed by atoms with E-state index in [4.69, 9.17) is 5.26 Å². The van der Waals surface area contributed by atoms with Crippen molar-refractivity contribution in [2.75, 3.05) is 18.0 Å². The van der Waals surface area contributed by atoms with Gasteiger partial charge in [-0.3, -0.25) is 4.68 Å². The minimum Gasteiger partial charge on any atom is -0.352 e. The Balaban J connectivity index is 1.64. The predicted molar refractivity (Wildman–Crippen MR) is 78.4 cm³/mol. The lowest BCUT2D eigenvalue weighted by atomic mass is 10.1. The first-order valence-electron chi connectivity index (χ1n) is 7.03. The number of hydrogen-bond donors (Lipinski definition) is 0. The number of aromatic nitrogens is 6. The van der Waals surface area contributed by atoms with Gasteiger partial charge in [0.25, 0.3) is 5.78 Å². The summed E-state index contributed by atoms with van der Waals surface area (Å²) in [6.07, 6.45) is 4.91. The van der Waals surface area contributed by atoms with Gasteiger partial charge in [0.1, 0.15) is 18.2 Å². The van der Waals surface area contributed by atoms with Gasteiger partial charge in [0.05, 0.1) is 17.8 Å². The van der Waals surface area contributed by atoms with Crippen LogP contribution in [0.1, 0.15) is 22.9 Å². The summed E-state index contributed by atoms with van der Waals surface area (Å²) in [5, 5.41) is 17.4. The van der Waals surface area contributed by atoms with Crippen LogP contribution < -0.4 is 4.90 Å². The van der Waals surface area contributed by atoms with Gasteiger partial charge >= 0.3 is 0 Å². The van der Waals surface area contributed by atoms with E-state index in [1.54, 1.807) is 16.9 Å². The van der Waals surface area contributed by atoms with E-state index in [-0.39, 0.29) is 6.04 Å². The Hall–Kier alpha value is -2.95.